The van der Waals surface area contributed by atoms with Crippen LogP contribution in [0.5, 0.6) is 0 Å². The molecule has 0 heterocycles. The van der Waals surface area contributed by atoms with Crippen molar-refractivity contribution in [3.8, 4) is 0 Å². The Kier molecular flexibility index (Phi) is 2.13. The highest BCUT2D eigenvalue weighted by atomic mass is 16.5. The molecule has 0 saturated heterocycles. The fraction of sp³-hybridized carbons (Fsp3) is 1.00. The highest BCUT2D eigenvalue weighted by Crippen LogP contribution is 2.46. The van der Waals surface area contributed by atoms with Crippen LogP contribution in [-0.4, -0.2) is 23.9 Å². The quantitative estimate of drug-likeness (QED) is 0.649. The molecule has 2 saturated carbocycles. The minimum absolute atomic E-state index is 0.329. The van der Waals surface area contributed by atoms with Crippen LogP contribution in [0.2, 0.25) is 0 Å². The second kappa shape index (κ2) is 3.00. The molecule has 0 amide bonds. The lowest BCUT2D eigenvalue weighted by molar-refractivity contribution is -0.0625. The van der Waals surface area contributed by atoms with Crippen LogP contribution in [0.15, 0.2) is 0 Å². The standard InChI is InChI=1S/C10H18O2/c1-12-9-5-7-10(11)6-3-2-4-8(9)10/h8-9,11H,2-7H2,1H3/t8-,9-,10-/m1/s1. The number of aliphatic hydroxyl groups is 1. The summed E-state index contributed by atoms with van der Waals surface area (Å²) in [5.74, 6) is 0.427. The van der Waals surface area contributed by atoms with Gasteiger partial charge in [0.15, 0.2) is 0 Å². The van der Waals surface area contributed by atoms with Gasteiger partial charge in [-0.3, -0.25) is 0 Å². The minimum Gasteiger partial charge on any atom is -0.390 e. The lowest BCUT2D eigenvalue weighted by Gasteiger charge is -2.36. The van der Waals surface area contributed by atoms with E-state index in [-0.39, 0.29) is 5.60 Å². The number of hydrogen-bond donors (Lipinski definition) is 1. The van der Waals surface area contributed by atoms with Gasteiger partial charge in [-0.2, -0.15) is 0 Å². The van der Waals surface area contributed by atoms with Gasteiger partial charge in [0.1, 0.15) is 0 Å². The van der Waals surface area contributed by atoms with Crippen molar-refractivity contribution in [1.29, 1.82) is 0 Å². The molecule has 2 aliphatic carbocycles. The average molecular weight is 170 g/mol. The van der Waals surface area contributed by atoms with Crippen LogP contribution in [0.4, 0.5) is 0 Å². The van der Waals surface area contributed by atoms with Gasteiger partial charge in [0.2, 0.25) is 0 Å². The summed E-state index contributed by atoms with van der Waals surface area (Å²) in [6.07, 6.45) is 6.96. The minimum atomic E-state index is -0.362. The van der Waals surface area contributed by atoms with Crippen LogP contribution in [0.1, 0.15) is 38.5 Å². The normalized spacial score (nSPS) is 47.5. The van der Waals surface area contributed by atoms with Crippen molar-refractivity contribution >= 4 is 0 Å². The van der Waals surface area contributed by atoms with E-state index in [1.807, 2.05) is 0 Å². The van der Waals surface area contributed by atoms with Crippen LogP contribution in [0, 0.1) is 5.92 Å². The van der Waals surface area contributed by atoms with Gasteiger partial charge in [0, 0.05) is 13.0 Å². The van der Waals surface area contributed by atoms with E-state index in [1.54, 1.807) is 7.11 Å². The first-order chi connectivity index (χ1) is 5.76. The summed E-state index contributed by atoms with van der Waals surface area (Å²) in [4.78, 5) is 0. The molecule has 2 rings (SSSR count). The third kappa shape index (κ3) is 1.17. The van der Waals surface area contributed by atoms with Gasteiger partial charge >= 0.3 is 0 Å². The van der Waals surface area contributed by atoms with E-state index in [0.717, 1.165) is 25.7 Å². The van der Waals surface area contributed by atoms with Crippen molar-refractivity contribution in [2.45, 2.75) is 50.2 Å². The van der Waals surface area contributed by atoms with E-state index in [0.29, 0.717) is 12.0 Å². The summed E-state index contributed by atoms with van der Waals surface area (Å²) in [6.45, 7) is 0. The molecule has 0 aromatic heterocycles. The summed E-state index contributed by atoms with van der Waals surface area (Å²) in [5, 5.41) is 10.2. The average Bonchev–Trinajstić information content (AvgIpc) is 2.41. The third-order valence-corrected chi connectivity index (χ3v) is 3.68. The summed E-state index contributed by atoms with van der Waals surface area (Å²) < 4.78 is 5.39. The van der Waals surface area contributed by atoms with Crippen LogP contribution >= 0.6 is 0 Å². The number of hydrogen-bond acceptors (Lipinski definition) is 2. The molecular weight excluding hydrogens is 152 g/mol. The molecular formula is C10H18O2. The van der Waals surface area contributed by atoms with Crippen molar-refractivity contribution in [2.24, 2.45) is 5.92 Å². The van der Waals surface area contributed by atoms with Crippen molar-refractivity contribution in [3.63, 3.8) is 0 Å². The molecule has 0 bridgehead atoms. The first kappa shape index (κ1) is 8.52. The second-order valence-electron chi connectivity index (χ2n) is 4.27. The summed E-state index contributed by atoms with van der Waals surface area (Å²) in [5.41, 5.74) is -0.362. The zero-order chi connectivity index (χ0) is 8.60. The van der Waals surface area contributed by atoms with Crippen molar-refractivity contribution in [2.75, 3.05) is 7.11 Å². The largest absolute Gasteiger partial charge is 0.390 e. The Balaban J connectivity index is 2.11. The number of fused-ring (bicyclic) bond motifs is 1. The van der Waals surface area contributed by atoms with E-state index in [1.165, 1.54) is 12.8 Å². The fourth-order valence-corrected chi connectivity index (χ4v) is 2.97. The Morgan fingerprint density at radius 3 is 2.83 bits per heavy atom. The Morgan fingerprint density at radius 1 is 1.25 bits per heavy atom. The molecule has 0 aromatic carbocycles. The molecule has 0 unspecified atom stereocenters. The molecule has 0 aromatic rings. The van der Waals surface area contributed by atoms with Crippen LogP contribution in [-0.2, 0) is 4.74 Å². The summed E-state index contributed by atoms with van der Waals surface area (Å²) in [7, 11) is 1.77. The zero-order valence-corrected chi connectivity index (χ0v) is 7.75. The van der Waals surface area contributed by atoms with Gasteiger partial charge in [0.25, 0.3) is 0 Å². The van der Waals surface area contributed by atoms with E-state index in [2.05, 4.69) is 0 Å². The molecule has 2 nitrogen and oxygen atoms in total. The van der Waals surface area contributed by atoms with E-state index in [9.17, 15) is 5.11 Å². The first-order valence-corrected chi connectivity index (χ1v) is 5.01. The summed E-state index contributed by atoms with van der Waals surface area (Å²) >= 11 is 0. The van der Waals surface area contributed by atoms with Gasteiger partial charge < -0.3 is 9.84 Å². The monoisotopic (exact) mass is 170 g/mol. The molecule has 12 heavy (non-hydrogen) atoms. The van der Waals surface area contributed by atoms with Gasteiger partial charge in [-0.1, -0.05) is 12.8 Å². The Hall–Kier alpha value is -0.0800. The Bertz CT molecular complexity index is 169. The highest BCUT2D eigenvalue weighted by molar-refractivity contribution is 4.99. The third-order valence-electron chi connectivity index (χ3n) is 3.68. The maximum Gasteiger partial charge on any atom is 0.0701 e. The van der Waals surface area contributed by atoms with Crippen LogP contribution < -0.4 is 0 Å². The zero-order valence-electron chi connectivity index (χ0n) is 7.75. The van der Waals surface area contributed by atoms with Gasteiger partial charge in [0.05, 0.1) is 11.7 Å². The highest BCUT2D eigenvalue weighted by Gasteiger charge is 2.48. The lowest BCUT2D eigenvalue weighted by atomic mass is 9.77. The van der Waals surface area contributed by atoms with Gasteiger partial charge in [-0.05, 0) is 25.7 Å². The summed E-state index contributed by atoms with van der Waals surface area (Å²) in [6, 6.07) is 0. The molecule has 2 aliphatic rings. The SMILES string of the molecule is CO[C@@H]1CC[C@]2(O)CCCC[C@H]12. The molecule has 2 fully saturated rings. The molecule has 2 heteroatoms. The van der Waals surface area contributed by atoms with Crippen molar-refractivity contribution < 1.29 is 9.84 Å². The molecule has 1 N–H and O–H groups in total. The van der Waals surface area contributed by atoms with Crippen molar-refractivity contribution in [3.05, 3.63) is 0 Å². The second-order valence-corrected chi connectivity index (χ2v) is 4.27. The van der Waals surface area contributed by atoms with Crippen molar-refractivity contribution in [1.82, 2.24) is 0 Å². The molecule has 3 atom stereocenters. The van der Waals surface area contributed by atoms with E-state index in [4.69, 9.17) is 4.74 Å². The predicted octanol–water partition coefficient (Wildman–Crippen LogP) is 1.72. The Morgan fingerprint density at radius 2 is 2.08 bits per heavy atom. The van der Waals surface area contributed by atoms with E-state index >= 15 is 0 Å². The maximum absolute atomic E-state index is 10.2. The topological polar surface area (TPSA) is 29.5 Å². The number of ether oxygens (including phenoxy) is 1. The van der Waals surface area contributed by atoms with Crippen LogP contribution in [0.25, 0.3) is 0 Å². The van der Waals surface area contributed by atoms with E-state index < -0.39 is 0 Å². The fourth-order valence-electron chi connectivity index (χ4n) is 2.97. The molecule has 0 radical (unpaired) electrons. The van der Waals surface area contributed by atoms with Crippen LogP contribution in [0.3, 0.4) is 0 Å². The maximum atomic E-state index is 10.2. The smallest absolute Gasteiger partial charge is 0.0701 e. The number of rotatable bonds is 1. The number of methoxy groups -OCH3 is 1. The Labute approximate surface area is 73.9 Å². The van der Waals surface area contributed by atoms with Gasteiger partial charge in [-0.15, -0.1) is 0 Å². The lowest BCUT2D eigenvalue weighted by Crippen LogP contribution is -2.40. The molecule has 0 spiro atoms. The van der Waals surface area contributed by atoms with Gasteiger partial charge in [-0.25, -0.2) is 0 Å². The predicted molar refractivity (Wildman–Crippen MR) is 46.9 cm³/mol. The first-order valence-electron chi connectivity index (χ1n) is 5.01. The molecule has 70 valence electrons. The molecule has 0 aliphatic heterocycles.